The average molecular weight is 192 g/mol. The van der Waals surface area contributed by atoms with E-state index in [4.69, 9.17) is 10.9 Å². The summed E-state index contributed by atoms with van der Waals surface area (Å²) in [5.41, 5.74) is 2.04. The van der Waals surface area contributed by atoms with Crippen LogP contribution in [0.2, 0.25) is 0 Å². The maximum absolute atomic E-state index is 5.35. The van der Waals surface area contributed by atoms with Gasteiger partial charge in [-0.2, -0.15) is 0 Å². The second kappa shape index (κ2) is 4.83. The van der Waals surface area contributed by atoms with Crippen molar-refractivity contribution >= 4 is 0 Å². The van der Waals surface area contributed by atoms with Gasteiger partial charge in [-0.15, -0.1) is 6.42 Å². The van der Waals surface area contributed by atoms with Crippen LogP contribution in [0.1, 0.15) is 30.4 Å². The molecule has 1 atom stereocenters. The van der Waals surface area contributed by atoms with Crippen LogP contribution < -0.4 is 5.32 Å². The van der Waals surface area contributed by atoms with E-state index in [9.17, 15) is 0 Å². The van der Waals surface area contributed by atoms with Crippen LogP contribution in [0.25, 0.3) is 0 Å². The third kappa shape index (κ3) is 2.36. The topological polar surface area (TPSA) is 38.1 Å². The summed E-state index contributed by atoms with van der Waals surface area (Å²) in [7, 11) is 0. The van der Waals surface area contributed by atoms with Crippen molar-refractivity contribution in [3.05, 3.63) is 17.0 Å². The van der Waals surface area contributed by atoms with Crippen LogP contribution in [0.15, 0.2) is 4.52 Å². The van der Waals surface area contributed by atoms with E-state index in [1.807, 2.05) is 13.8 Å². The predicted octanol–water partition coefficient (Wildman–Crippen LogP) is 1.79. The summed E-state index contributed by atoms with van der Waals surface area (Å²) in [5, 5.41) is 7.15. The van der Waals surface area contributed by atoms with Gasteiger partial charge in [-0.1, -0.05) is 18.0 Å². The van der Waals surface area contributed by atoms with Crippen molar-refractivity contribution < 1.29 is 4.52 Å². The van der Waals surface area contributed by atoms with E-state index >= 15 is 0 Å². The van der Waals surface area contributed by atoms with Crippen molar-refractivity contribution in [3.63, 3.8) is 0 Å². The minimum Gasteiger partial charge on any atom is -0.361 e. The standard InChI is InChI=1S/C11H16N2O/c1-5-10(6-2)12-7-11-8(3)13-14-9(11)4/h1,10,12H,6-7H2,2-4H3. The summed E-state index contributed by atoms with van der Waals surface area (Å²) in [5.74, 6) is 3.55. The first-order chi connectivity index (χ1) is 6.69. The molecular weight excluding hydrogens is 176 g/mol. The Hall–Kier alpha value is -1.27. The Morgan fingerprint density at radius 1 is 1.57 bits per heavy atom. The first-order valence-corrected chi connectivity index (χ1v) is 4.80. The molecule has 0 aromatic carbocycles. The van der Waals surface area contributed by atoms with Gasteiger partial charge < -0.3 is 4.52 Å². The molecule has 0 saturated carbocycles. The lowest BCUT2D eigenvalue weighted by Gasteiger charge is -2.09. The molecule has 76 valence electrons. The van der Waals surface area contributed by atoms with Crippen LogP contribution >= 0.6 is 0 Å². The Labute approximate surface area is 84.9 Å². The molecule has 3 nitrogen and oxygen atoms in total. The van der Waals surface area contributed by atoms with Gasteiger partial charge in [-0.05, 0) is 20.3 Å². The van der Waals surface area contributed by atoms with Gasteiger partial charge in [0.05, 0.1) is 11.7 Å². The van der Waals surface area contributed by atoms with Gasteiger partial charge in [0.15, 0.2) is 0 Å². The zero-order valence-electron chi connectivity index (χ0n) is 8.92. The largest absolute Gasteiger partial charge is 0.361 e. The lowest BCUT2D eigenvalue weighted by Crippen LogP contribution is -2.26. The molecule has 1 aromatic rings. The second-order valence-corrected chi connectivity index (χ2v) is 3.31. The molecule has 0 spiro atoms. The van der Waals surface area contributed by atoms with E-state index in [-0.39, 0.29) is 6.04 Å². The fourth-order valence-corrected chi connectivity index (χ4v) is 1.30. The van der Waals surface area contributed by atoms with Crippen molar-refractivity contribution in [2.24, 2.45) is 0 Å². The molecule has 0 amide bonds. The maximum Gasteiger partial charge on any atom is 0.138 e. The number of rotatable bonds is 4. The van der Waals surface area contributed by atoms with Crippen LogP contribution in [0.3, 0.4) is 0 Å². The molecule has 1 rings (SSSR count). The number of aromatic nitrogens is 1. The monoisotopic (exact) mass is 192 g/mol. The molecular formula is C11H16N2O. The van der Waals surface area contributed by atoms with Crippen molar-refractivity contribution in [1.82, 2.24) is 10.5 Å². The molecule has 0 aliphatic carbocycles. The summed E-state index contributed by atoms with van der Waals surface area (Å²) < 4.78 is 5.05. The van der Waals surface area contributed by atoms with Crippen molar-refractivity contribution in [3.8, 4) is 12.3 Å². The number of aryl methyl sites for hydroxylation is 2. The third-order valence-corrected chi connectivity index (χ3v) is 2.32. The van der Waals surface area contributed by atoms with E-state index in [2.05, 4.69) is 23.3 Å². The smallest absolute Gasteiger partial charge is 0.138 e. The number of hydrogen-bond acceptors (Lipinski definition) is 3. The number of nitrogens with zero attached hydrogens (tertiary/aromatic N) is 1. The summed E-state index contributed by atoms with van der Waals surface area (Å²) in [6.45, 7) is 6.63. The fraction of sp³-hybridized carbons (Fsp3) is 0.545. The van der Waals surface area contributed by atoms with Gasteiger partial charge in [0, 0.05) is 12.1 Å². The third-order valence-electron chi connectivity index (χ3n) is 2.32. The van der Waals surface area contributed by atoms with Crippen LogP contribution in [-0.2, 0) is 6.54 Å². The van der Waals surface area contributed by atoms with E-state index in [1.54, 1.807) is 0 Å². The van der Waals surface area contributed by atoms with E-state index < -0.39 is 0 Å². The highest BCUT2D eigenvalue weighted by atomic mass is 16.5. The molecule has 0 aliphatic heterocycles. The highest BCUT2D eigenvalue weighted by Crippen LogP contribution is 2.11. The van der Waals surface area contributed by atoms with Gasteiger partial charge >= 0.3 is 0 Å². The molecule has 0 bridgehead atoms. The Bertz CT molecular complexity index is 316. The Balaban J connectivity index is 2.58. The molecule has 3 heteroatoms. The minimum atomic E-state index is 0.128. The second-order valence-electron chi connectivity index (χ2n) is 3.31. The Morgan fingerprint density at radius 2 is 2.29 bits per heavy atom. The number of nitrogens with one attached hydrogen (secondary N) is 1. The van der Waals surface area contributed by atoms with Crippen molar-refractivity contribution in [2.45, 2.75) is 39.8 Å². The first kappa shape index (κ1) is 10.8. The normalized spacial score (nSPS) is 12.4. The van der Waals surface area contributed by atoms with Crippen LogP contribution in [0, 0.1) is 26.2 Å². The summed E-state index contributed by atoms with van der Waals surface area (Å²) in [4.78, 5) is 0. The Morgan fingerprint density at radius 3 is 2.71 bits per heavy atom. The molecule has 0 saturated heterocycles. The molecule has 14 heavy (non-hydrogen) atoms. The van der Waals surface area contributed by atoms with E-state index in [0.29, 0.717) is 0 Å². The van der Waals surface area contributed by atoms with Crippen molar-refractivity contribution in [2.75, 3.05) is 0 Å². The first-order valence-electron chi connectivity index (χ1n) is 4.80. The summed E-state index contributed by atoms with van der Waals surface area (Å²) in [6.07, 6.45) is 6.28. The number of hydrogen-bond donors (Lipinski definition) is 1. The van der Waals surface area contributed by atoms with Gasteiger partial charge in [0.25, 0.3) is 0 Å². The fourth-order valence-electron chi connectivity index (χ4n) is 1.30. The van der Waals surface area contributed by atoms with E-state index in [1.165, 1.54) is 0 Å². The van der Waals surface area contributed by atoms with Gasteiger partial charge in [-0.3, -0.25) is 5.32 Å². The molecule has 1 unspecified atom stereocenters. The molecule has 0 fully saturated rings. The molecule has 0 radical (unpaired) electrons. The highest BCUT2D eigenvalue weighted by Gasteiger charge is 2.09. The number of terminal acetylenes is 1. The van der Waals surface area contributed by atoms with Crippen molar-refractivity contribution in [1.29, 1.82) is 0 Å². The lowest BCUT2D eigenvalue weighted by molar-refractivity contribution is 0.391. The highest BCUT2D eigenvalue weighted by molar-refractivity contribution is 5.20. The van der Waals surface area contributed by atoms with Gasteiger partial charge in [0.1, 0.15) is 5.76 Å². The molecule has 1 aromatic heterocycles. The minimum absolute atomic E-state index is 0.128. The SMILES string of the molecule is C#CC(CC)NCc1c(C)noc1C. The molecule has 0 aliphatic rings. The zero-order chi connectivity index (χ0) is 10.6. The molecule has 1 N–H and O–H groups in total. The summed E-state index contributed by atoms with van der Waals surface area (Å²) >= 11 is 0. The maximum atomic E-state index is 5.35. The van der Waals surface area contributed by atoms with Crippen LogP contribution in [-0.4, -0.2) is 11.2 Å². The van der Waals surface area contributed by atoms with Gasteiger partial charge in [-0.25, -0.2) is 0 Å². The van der Waals surface area contributed by atoms with Crippen LogP contribution in [0.5, 0.6) is 0 Å². The predicted molar refractivity (Wildman–Crippen MR) is 55.7 cm³/mol. The Kier molecular flexibility index (Phi) is 3.73. The average Bonchev–Trinajstić information content (AvgIpc) is 2.50. The lowest BCUT2D eigenvalue weighted by atomic mass is 10.2. The molecule has 1 heterocycles. The quantitative estimate of drug-likeness (QED) is 0.739. The van der Waals surface area contributed by atoms with Crippen LogP contribution in [0.4, 0.5) is 0 Å². The van der Waals surface area contributed by atoms with Gasteiger partial charge in [0.2, 0.25) is 0 Å². The van der Waals surface area contributed by atoms with E-state index in [0.717, 1.165) is 30.0 Å². The zero-order valence-corrected chi connectivity index (χ0v) is 8.92. The summed E-state index contributed by atoms with van der Waals surface area (Å²) in [6, 6.07) is 0.128.